The summed E-state index contributed by atoms with van der Waals surface area (Å²) in [6.07, 6.45) is 2.96. The third kappa shape index (κ3) is 2.67. The Hall–Kier alpha value is -2.34. The molecule has 0 amide bonds. The Bertz CT molecular complexity index is 797. The van der Waals surface area contributed by atoms with E-state index in [4.69, 9.17) is 4.74 Å². The van der Waals surface area contributed by atoms with Crippen molar-refractivity contribution in [3.05, 3.63) is 47.0 Å². The zero-order chi connectivity index (χ0) is 16.9. The molecule has 1 aromatic carbocycles. The number of carboxylic acid groups (broad SMARTS) is 1. The molecule has 3 heterocycles. The lowest BCUT2D eigenvalue weighted by Crippen LogP contribution is -2.45. The van der Waals surface area contributed by atoms with Crippen molar-refractivity contribution < 1.29 is 14.6 Å². The first-order valence-corrected chi connectivity index (χ1v) is 8.20. The first-order valence-electron chi connectivity index (χ1n) is 8.20. The second-order valence-electron chi connectivity index (χ2n) is 7.27. The number of benzene rings is 1. The summed E-state index contributed by atoms with van der Waals surface area (Å²) in [5, 5.41) is 9.57. The van der Waals surface area contributed by atoms with Crippen LogP contribution < -0.4 is 4.74 Å². The molecule has 0 saturated carbocycles. The molecule has 6 heteroatoms. The smallest absolute Gasteiger partial charge is 0.321 e. The minimum Gasteiger partial charge on any atom is -0.487 e. The molecule has 0 aliphatic carbocycles. The van der Waals surface area contributed by atoms with E-state index in [0.717, 1.165) is 29.1 Å². The van der Waals surface area contributed by atoms with Gasteiger partial charge in [0.25, 0.3) is 0 Å². The molecule has 2 aliphatic rings. The number of hydrogen-bond donors (Lipinski definition) is 2. The fourth-order valence-electron chi connectivity index (χ4n) is 3.69. The van der Waals surface area contributed by atoms with E-state index >= 15 is 0 Å². The van der Waals surface area contributed by atoms with Crippen molar-refractivity contribution in [3.8, 4) is 5.75 Å². The Balaban J connectivity index is 1.58. The van der Waals surface area contributed by atoms with Crippen molar-refractivity contribution in [1.82, 2.24) is 14.9 Å². The summed E-state index contributed by atoms with van der Waals surface area (Å²) >= 11 is 0. The highest BCUT2D eigenvalue weighted by atomic mass is 16.5. The minimum atomic E-state index is -0.797. The first kappa shape index (κ1) is 15.2. The predicted molar refractivity (Wildman–Crippen MR) is 87.8 cm³/mol. The number of aliphatic carboxylic acids is 1. The molecule has 2 aromatic rings. The summed E-state index contributed by atoms with van der Waals surface area (Å²) in [6, 6.07) is 5.63. The molecule has 4 rings (SSSR count). The lowest BCUT2D eigenvalue weighted by Gasteiger charge is -2.32. The number of aromatic nitrogens is 2. The highest BCUT2D eigenvalue weighted by Gasteiger charge is 2.34. The van der Waals surface area contributed by atoms with Crippen LogP contribution in [0.1, 0.15) is 36.4 Å². The lowest BCUT2D eigenvalue weighted by molar-refractivity contribution is -0.144. The van der Waals surface area contributed by atoms with Gasteiger partial charge in [0.1, 0.15) is 17.4 Å². The Labute approximate surface area is 140 Å². The molecule has 2 N–H and O–H groups in total. The van der Waals surface area contributed by atoms with Gasteiger partial charge in [-0.15, -0.1) is 0 Å². The summed E-state index contributed by atoms with van der Waals surface area (Å²) in [6.45, 7) is 5.34. The predicted octanol–water partition coefficient (Wildman–Crippen LogP) is 2.13. The average Bonchev–Trinajstić information content (AvgIpc) is 3.07. The van der Waals surface area contributed by atoms with E-state index in [1.807, 2.05) is 17.0 Å². The second kappa shape index (κ2) is 5.34. The average molecular weight is 327 g/mol. The van der Waals surface area contributed by atoms with Crippen LogP contribution in [0.25, 0.3) is 0 Å². The summed E-state index contributed by atoms with van der Waals surface area (Å²) in [5.74, 6) is 0.141. The van der Waals surface area contributed by atoms with Crippen molar-refractivity contribution in [2.45, 2.75) is 51.4 Å². The first-order chi connectivity index (χ1) is 11.4. The largest absolute Gasteiger partial charge is 0.487 e. The van der Waals surface area contributed by atoms with Crippen molar-refractivity contribution >= 4 is 5.97 Å². The Morgan fingerprint density at radius 1 is 1.50 bits per heavy atom. The molecule has 6 nitrogen and oxygen atoms in total. The van der Waals surface area contributed by atoms with Gasteiger partial charge in [0.05, 0.1) is 17.7 Å². The van der Waals surface area contributed by atoms with E-state index in [2.05, 4.69) is 29.9 Å². The SMILES string of the molecule is CC1(C)Cc2cc(CN3Cc4[nH]cnc4CC3C(=O)O)ccc2O1. The summed E-state index contributed by atoms with van der Waals surface area (Å²) in [7, 11) is 0. The summed E-state index contributed by atoms with van der Waals surface area (Å²) in [5.41, 5.74) is 4.02. The van der Waals surface area contributed by atoms with Crippen LogP contribution in [0.4, 0.5) is 0 Å². The van der Waals surface area contributed by atoms with Crippen molar-refractivity contribution in [1.29, 1.82) is 0 Å². The molecule has 1 atom stereocenters. The maximum atomic E-state index is 11.7. The summed E-state index contributed by atoms with van der Waals surface area (Å²) < 4.78 is 5.91. The number of fused-ring (bicyclic) bond motifs is 2. The molecule has 0 radical (unpaired) electrons. The molecule has 1 aromatic heterocycles. The highest BCUT2D eigenvalue weighted by molar-refractivity contribution is 5.74. The topological polar surface area (TPSA) is 78.5 Å². The van der Waals surface area contributed by atoms with Crippen LogP contribution in [0.2, 0.25) is 0 Å². The molecule has 2 aliphatic heterocycles. The second-order valence-corrected chi connectivity index (χ2v) is 7.27. The number of imidazole rings is 1. The number of rotatable bonds is 3. The molecule has 1 unspecified atom stereocenters. The van der Waals surface area contributed by atoms with Crippen LogP contribution in [-0.4, -0.2) is 37.6 Å². The van der Waals surface area contributed by atoms with E-state index in [0.29, 0.717) is 19.5 Å². The molecule has 126 valence electrons. The molecule has 0 spiro atoms. The zero-order valence-corrected chi connectivity index (χ0v) is 13.9. The number of carbonyl (C=O) groups is 1. The third-order valence-electron chi connectivity index (χ3n) is 4.79. The summed E-state index contributed by atoms with van der Waals surface area (Å²) in [4.78, 5) is 21.0. The van der Waals surface area contributed by atoms with Crippen molar-refractivity contribution in [2.75, 3.05) is 0 Å². The standard InChI is InChI=1S/C18H21N3O3/c1-18(2)7-12-5-11(3-4-16(12)24-18)8-21-9-14-13(19-10-20-14)6-15(21)17(22)23/h3-5,10,15H,6-9H2,1-2H3,(H,19,20)(H,22,23). The Morgan fingerprint density at radius 3 is 3.12 bits per heavy atom. The number of nitrogens with one attached hydrogen (secondary N) is 1. The van der Waals surface area contributed by atoms with Crippen LogP contribution in [0.3, 0.4) is 0 Å². The van der Waals surface area contributed by atoms with Gasteiger partial charge in [0, 0.05) is 25.9 Å². The molecular formula is C18H21N3O3. The quantitative estimate of drug-likeness (QED) is 0.903. The van der Waals surface area contributed by atoms with Gasteiger partial charge in [0.15, 0.2) is 0 Å². The van der Waals surface area contributed by atoms with Gasteiger partial charge in [-0.05, 0) is 31.0 Å². The van der Waals surface area contributed by atoms with Crippen molar-refractivity contribution in [2.24, 2.45) is 0 Å². The Morgan fingerprint density at radius 2 is 2.33 bits per heavy atom. The maximum absolute atomic E-state index is 11.7. The van der Waals surface area contributed by atoms with Gasteiger partial charge in [-0.25, -0.2) is 4.98 Å². The van der Waals surface area contributed by atoms with Gasteiger partial charge in [-0.2, -0.15) is 0 Å². The molecular weight excluding hydrogens is 306 g/mol. The van der Waals surface area contributed by atoms with E-state index in [-0.39, 0.29) is 5.60 Å². The maximum Gasteiger partial charge on any atom is 0.321 e. The van der Waals surface area contributed by atoms with Crippen molar-refractivity contribution in [3.63, 3.8) is 0 Å². The van der Waals surface area contributed by atoms with Gasteiger partial charge in [-0.3, -0.25) is 9.69 Å². The van der Waals surface area contributed by atoms with Gasteiger partial charge in [0.2, 0.25) is 0 Å². The number of ether oxygens (including phenoxy) is 1. The fourth-order valence-corrected chi connectivity index (χ4v) is 3.69. The van der Waals surface area contributed by atoms with Crippen LogP contribution in [-0.2, 0) is 30.7 Å². The monoisotopic (exact) mass is 327 g/mol. The van der Waals surface area contributed by atoms with Crippen LogP contribution in [0.5, 0.6) is 5.75 Å². The number of aromatic amines is 1. The van der Waals surface area contributed by atoms with Crippen LogP contribution >= 0.6 is 0 Å². The number of nitrogens with zero attached hydrogens (tertiary/aromatic N) is 2. The van der Waals surface area contributed by atoms with E-state index in [1.165, 1.54) is 5.56 Å². The molecule has 24 heavy (non-hydrogen) atoms. The van der Waals surface area contributed by atoms with E-state index in [1.54, 1.807) is 6.33 Å². The van der Waals surface area contributed by atoms with Crippen LogP contribution in [0.15, 0.2) is 24.5 Å². The normalized spacial score (nSPS) is 21.8. The van der Waals surface area contributed by atoms with E-state index < -0.39 is 12.0 Å². The number of H-pyrrole nitrogens is 1. The number of carboxylic acids is 1. The minimum absolute atomic E-state index is 0.166. The lowest BCUT2D eigenvalue weighted by atomic mass is 9.98. The Kier molecular flexibility index (Phi) is 3.38. The highest BCUT2D eigenvalue weighted by Crippen LogP contribution is 2.35. The fraction of sp³-hybridized carbons (Fsp3) is 0.444. The van der Waals surface area contributed by atoms with Crippen LogP contribution in [0, 0.1) is 0 Å². The van der Waals surface area contributed by atoms with Gasteiger partial charge in [-0.1, -0.05) is 12.1 Å². The zero-order valence-electron chi connectivity index (χ0n) is 13.9. The van der Waals surface area contributed by atoms with Gasteiger partial charge >= 0.3 is 5.97 Å². The molecule has 0 saturated heterocycles. The van der Waals surface area contributed by atoms with Gasteiger partial charge < -0.3 is 14.8 Å². The molecule has 0 fully saturated rings. The van der Waals surface area contributed by atoms with E-state index in [9.17, 15) is 9.90 Å². The third-order valence-corrected chi connectivity index (χ3v) is 4.79. The molecule has 0 bridgehead atoms. The number of hydrogen-bond acceptors (Lipinski definition) is 4.